The summed E-state index contributed by atoms with van der Waals surface area (Å²) < 4.78 is 0. The molecule has 5 nitrogen and oxygen atoms in total. The lowest BCUT2D eigenvalue weighted by Gasteiger charge is -2.03. The molecule has 0 saturated heterocycles. The lowest BCUT2D eigenvalue weighted by Crippen LogP contribution is -2.30. The summed E-state index contributed by atoms with van der Waals surface area (Å²) in [5.41, 5.74) is 5.23. The fourth-order valence-corrected chi connectivity index (χ4v) is 1.24. The quantitative estimate of drug-likeness (QED) is 0.602. The number of carboxylic acids is 2. The van der Waals surface area contributed by atoms with E-state index in [1.165, 1.54) is 0 Å². The van der Waals surface area contributed by atoms with E-state index in [9.17, 15) is 9.59 Å². The van der Waals surface area contributed by atoms with Gasteiger partial charge in [0.15, 0.2) is 0 Å². The van der Waals surface area contributed by atoms with Crippen LogP contribution in [0, 0.1) is 11.8 Å². The minimum atomic E-state index is -1.06. The second-order valence-electron chi connectivity index (χ2n) is 3.12. The molecule has 3 atom stereocenters. The molecule has 76 valence electrons. The molecule has 0 bridgehead atoms. The Balaban J connectivity index is 0.00000144. The first-order chi connectivity index (χ1) is 5.52. The van der Waals surface area contributed by atoms with Crippen molar-refractivity contribution in [3.63, 3.8) is 0 Å². The summed E-state index contributed by atoms with van der Waals surface area (Å²) in [5, 5.41) is 16.9. The van der Waals surface area contributed by atoms with Gasteiger partial charge in [-0.25, -0.2) is 0 Å². The van der Waals surface area contributed by atoms with Gasteiger partial charge in [0, 0.05) is 0 Å². The maximum absolute atomic E-state index is 10.3. The summed E-state index contributed by atoms with van der Waals surface area (Å²) in [6.07, 6.45) is 0.836. The van der Waals surface area contributed by atoms with Crippen LogP contribution in [0.1, 0.15) is 12.8 Å². The number of hydrogen-bond donors (Lipinski definition) is 3. The Kier molecular flexibility index (Phi) is 4.16. The minimum Gasteiger partial charge on any atom is -0.481 e. The first-order valence-electron chi connectivity index (χ1n) is 3.73. The second kappa shape index (κ2) is 4.43. The van der Waals surface area contributed by atoms with E-state index in [0.717, 1.165) is 0 Å². The number of halogens is 1. The Morgan fingerprint density at radius 2 is 2.00 bits per heavy atom. The minimum absolute atomic E-state index is 0. The average molecular weight is 210 g/mol. The van der Waals surface area contributed by atoms with Gasteiger partial charge >= 0.3 is 11.9 Å². The van der Waals surface area contributed by atoms with Gasteiger partial charge in [0.2, 0.25) is 0 Å². The van der Waals surface area contributed by atoms with Crippen molar-refractivity contribution in [2.75, 3.05) is 0 Å². The SMILES string of the molecule is Cl.NC(CC1CC1C(=O)O)C(=O)O. The van der Waals surface area contributed by atoms with E-state index in [-0.39, 0.29) is 30.7 Å². The molecule has 6 heteroatoms. The molecule has 3 unspecified atom stereocenters. The summed E-state index contributed by atoms with van der Waals surface area (Å²) in [6, 6.07) is -0.917. The molecular weight excluding hydrogens is 198 g/mol. The molecule has 1 aliphatic rings. The van der Waals surface area contributed by atoms with Crippen LogP contribution in [0.15, 0.2) is 0 Å². The molecule has 0 aliphatic heterocycles. The van der Waals surface area contributed by atoms with Crippen LogP contribution in [-0.4, -0.2) is 28.2 Å². The van der Waals surface area contributed by atoms with Gasteiger partial charge in [0.25, 0.3) is 0 Å². The van der Waals surface area contributed by atoms with E-state index < -0.39 is 18.0 Å². The summed E-state index contributed by atoms with van der Waals surface area (Å²) in [6.45, 7) is 0. The van der Waals surface area contributed by atoms with Gasteiger partial charge in [0.1, 0.15) is 6.04 Å². The van der Waals surface area contributed by atoms with Crippen molar-refractivity contribution in [2.24, 2.45) is 17.6 Å². The normalized spacial score (nSPS) is 27.2. The highest BCUT2D eigenvalue weighted by atomic mass is 35.5. The predicted octanol–water partition coefficient (Wildman–Crippen LogP) is -0.0691. The number of carboxylic acid groups (broad SMARTS) is 2. The van der Waals surface area contributed by atoms with Gasteiger partial charge in [-0.3, -0.25) is 9.59 Å². The number of rotatable bonds is 4. The van der Waals surface area contributed by atoms with Crippen LogP contribution in [0.5, 0.6) is 0 Å². The molecule has 0 heterocycles. The lowest BCUT2D eigenvalue weighted by molar-refractivity contribution is -0.140. The number of aliphatic carboxylic acids is 2. The van der Waals surface area contributed by atoms with E-state index in [1.807, 2.05) is 0 Å². The van der Waals surface area contributed by atoms with Crippen molar-refractivity contribution < 1.29 is 19.8 Å². The fourth-order valence-electron chi connectivity index (χ4n) is 1.24. The van der Waals surface area contributed by atoms with Crippen LogP contribution in [0.2, 0.25) is 0 Å². The van der Waals surface area contributed by atoms with Crippen molar-refractivity contribution >= 4 is 24.3 Å². The van der Waals surface area contributed by atoms with Crippen LogP contribution in [-0.2, 0) is 9.59 Å². The van der Waals surface area contributed by atoms with Gasteiger partial charge in [-0.15, -0.1) is 12.4 Å². The highest BCUT2D eigenvalue weighted by Crippen LogP contribution is 2.41. The zero-order valence-corrected chi connectivity index (χ0v) is 7.66. The van der Waals surface area contributed by atoms with Crippen molar-refractivity contribution in [1.29, 1.82) is 0 Å². The maximum atomic E-state index is 10.3. The molecule has 1 fully saturated rings. The van der Waals surface area contributed by atoms with Crippen LogP contribution >= 0.6 is 12.4 Å². The number of nitrogens with two attached hydrogens (primary N) is 1. The van der Waals surface area contributed by atoms with Crippen molar-refractivity contribution in [2.45, 2.75) is 18.9 Å². The largest absolute Gasteiger partial charge is 0.481 e. The summed E-state index contributed by atoms with van der Waals surface area (Å²) in [7, 11) is 0. The summed E-state index contributed by atoms with van der Waals surface area (Å²) in [5.74, 6) is -2.31. The van der Waals surface area contributed by atoms with Crippen LogP contribution in [0.4, 0.5) is 0 Å². The third-order valence-corrected chi connectivity index (χ3v) is 2.11. The summed E-state index contributed by atoms with van der Waals surface area (Å²) >= 11 is 0. The number of hydrogen-bond acceptors (Lipinski definition) is 3. The van der Waals surface area contributed by atoms with Gasteiger partial charge in [-0.05, 0) is 18.8 Å². The maximum Gasteiger partial charge on any atom is 0.320 e. The zero-order chi connectivity index (χ0) is 9.30. The van der Waals surface area contributed by atoms with E-state index in [2.05, 4.69) is 0 Å². The molecule has 4 N–H and O–H groups in total. The summed E-state index contributed by atoms with van der Waals surface area (Å²) in [4.78, 5) is 20.6. The van der Waals surface area contributed by atoms with Crippen LogP contribution < -0.4 is 5.73 Å². The van der Waals surface area contributed by atoms with E-state index in [0.29, 0.717) is 6.42 Å². The smallest absolute Gasteiger partial charge is 0.320 e. The molecule has 0 aromatic carbocycles. The van der Waals surface area contributed by atoms with E-state index >= 15 is 0 Å². The highest BCUT2D eigenvalue weighted by molar-refractivity contribution is 5.85. The van der Waals surface area contributed by atoms with Crippen molar-refractivity contribution in [3.8, 4) is 0 Å². The van der Waals surface area contributed by atoms with Gasteiger partial charge < -0.3 is 15.9 Å². The molecule has 1 rings (SSSR count). The topological polar surface area (TPSA) is 101 Å². The van der Waals surface area contributed by atoms with Crippen molar-refractivity contribution in [3.05, 3.63) is 0 Å². The molecule has 0 aromatic heterocycles. The Bertz CT molecular complexity index is 221. The third kappa shape index (κ3) is 3.20. The zero-order valence-electron chi connectivity index (χ0n) is 6.84. The monoisotopic (exact) mass is 209 g/mol. The Morgan fingerprint density at radius 3 is 2.31 bits per heavy atom. The van der Waals surface area contributed by atoms with Gasteiger partial charge in [-0.2, -0.15) is 0 Å². The first-order valence-corrected chi connectivity index (χ1v) is 3.73. The third-order valence-electron chi connectivity index (χ3n) is 2.11. The molecular formula is C7H12ClNO4. The average Bonchev–Trinajstić information content (AvgIpc) is 2.67. The molecule has 0 spiro atoms. The highest BCUT2D eigenvalue weighted by Gasteiger charge is 2.44. The lowest BCUT2D eigenvalue weighted by atomic mass is 10.1. The van der Waals surface area contributed by atoms with Gasteiger partial charge in [0.05, 0.1) is 5.92 Å². The molecule has 13 heavy (non-hydrogen) atoms. The molecule has 1 aliphatic carbocycles. The molecule has 1 saturated carbocycles. The Morgan fingerprint density at radius 1 is 1.46 bits per heavy atom. The first kappa shape index (κ1) is 12.2. The number of carbonyl (C=O) groups is 2. The Hall–Kier alpha value is -0.810. The van der Waals surface area contributed by atoms with E-state index in [1.54, 1.807) is 0 Å². The Labute approximate surface area is 81.3 Å². The molecule has 0 aromatic rings. The van der Waals surface area contributed by atoms with Crippen LogP contribution in [0.3, 0.4) is 0 Å². The van der Waals surface area contributed by atoms with E-state index in [4.69, 9.17) is 15.9 Å². The second-order valence-corrected chi connectivity index (χ2v) is 3.12. The molecule has 0 amide bonds. The van der Waals surface area contributed by atoms with Crippen LogP contribution in [0.25, 0.3) is 0 Å². The molecule has 0 radical (unpaired) electrons. The van der Waals surface area contributed by atoms with Gasteiger partial charge in [-0.1, -0.05) is 0 Å². The predicted molar refractivity (Wildman–Crippen MR) is 46.7 cm³/mol. The fraction of sp³-hybridized carbons (Fsp3) is 0.714. The standard InChI is InChI=1S/C7H11NO4.ClH/c8-5(7(11)12)2-3-1-4(3)6(9)10;/h3-5H,1-2,8H2,(H,9,10)(H,11,12);1H. The van der Waals surface area contributed by atoms with Crippen molar-refractivity contribution in [1.82, 2.24) is 0 Å².